The first-order valence-corrected chi connectivity index (χ1v) is 10.6. The third kappa shape index (κ3) is 6.65. The van der Waals surface area contributed by atoms with E-state index in [0.29, 0.717) is 41.7 Å². The van der Waals surface area contributed by atoms with Crippen LogP contribution < -0.4 is 20.1 Å². The van der Waals surface area contributed by atoms with Crippen LogP contribution in [0.2, 0.25) is 5.02 Å². The van der Waals surface area contributed by atoms with Crippen molar-refractivity contribution in [3.8, 4) is 17.6 Å². The Hall–Kier alpha value is -3.67. The molecule has 3 rings (SSSR count). The fraction of sp³-hybridized carbons (Fsp3) is 0.250. The molecular weight excluding hydrogens is 442 g/mol. The first-order valence-electron chi connectivity index (χ1n) is 10.2. The van der Waals surface area contributed by atoms with Crippen LogP contribution in [0.1, 0.15) is 22.5 Å². The van der Waals surface area contributed by atoms with E-state index in [1.807, 2.05) is 36.4 Å². The van der Waals surface area contributed by atoms with Crippen LogP contribution >= 0.6 is 11.6 Å². The summed E-state index contributed by atoms with van der Waals surface area (Å²) >= 11 is 6.47. The van der Waals surface area contributed by atoms with Crippen LogP contribution in [0, 0.1) is 11.3 Å². The lowest BCUT2D eigenvalue weighted by Gasteiger charge is -2.14. The molecule has 0 unspecified atom stereocenters. The summed E-state index contributed by atoms with van der Waals surface area (Å²) < 4.78 is 10.8. The highest BCUT2D eigenvalue weighted by atomic mass is 35.5. The second kappa shape index (κ2) is 11.8. The summed E-state index contributed by atoms with van der Waals surface area (Å²) in [4.78, 5) is 20.4. The Bertz CT molecular complexity index is 1150. The molecule has 0 radical (unpaired) electrons. The average Bonchev–Trinajstić information content (AvgIpc) is 2.83. The lowest BCUT2D eigenvalue weighted by atomic mass is 10.1. The Kier molecular flexibility index (Phi) is 8.58. The number of hydrogen-bond acceptors (Lipinski definition) is 7. The van der Waals surface area contributed by atoms with Gasteiger partial charge in [-0.3, -0.25) is 9.78 Å². The van der Waals surface area contributed by atoms with Gasteiger partial charge in [-0.1, -0.05) is 29.8 Å². The van der Waals surface area contributed by atoms with Crippen LogP contribution in [0.3, 0.4) is 0 Å². The van der Waals surface area contributed by atoms with Gasteiger partial charge in [-0.15, -0.1) is 0 Å². The lowest BCUT2D eigenvalue weighted by molar-refractivity contribution is -0.115. The number of nitrogens with zero attached hydrogens (tertiary/aromatic N) is 3. The molecule has 1 aromatic heterocycles. The van der Waals surface area contributed by atoms with Gasteiger partial charge in [-0.25, -0.2) is 4.98 Å². The van der Waals surface area contributed by atoms with Crippen LogP contribution in [0.15, 0.2) is 48.8 Å². The number of benzene rings is 2. The highest BCUT2D eigenvalue weighted by Crippen LogP contribution is 2.31. The quantitative estimate of drug-likeness (QED) is 0.441. The molecule has 0 atom stereocenters. The number of aromatic nitrogens is 2. The van der Waals surface area contributed by atoms with Crippen molar-refractivity contribution in [3.63, 3.8) is 0 Å². The Balaban J connectivity index is 1.59. The monoisotopic (exact) mass is 465 g/mol. The molecule has 0 bridgehead atoms. The summed E-state index contributed by atoms with van der Waals surface area (Å²) in [6.07, 6.45) is 3.42. The summed E-state index contributed by atoms with van der Waals surface area (Å²) in [5.74, 6) is 1.06. The van der Waals surface area contributed by atoms with Crippen molar-refractivity contribution in [3.05, 3.63) is 76.3 Å². The number of carbonyl (C=O) groups is 1. The van der Waals surface area contributed by atoms with Crippen molar-refractivity contribution in [2.75, 3.05) is 26.1 Å². The van der Waals surface area contributed by atoms with E-state index >= 15 is 0 Å². The molecule has 2 aromatic carbocycles. The second-order valence-electron chi connectivity index (χ2n) is 7.11. The van der Waals surface area contributed by atoms with Crippen molar-refractivity contribution in [2.45, 2.75) is 19.4 Å². The largest absolute Gasteiger partial charge is 0.496 e. The Morgan fingerprint density at radius 3 is 2.58 bits per heavy atom. The minimum Gasteiger partial charge on any atom is -0.496 e. The van der Waals surface area contributed by atoms with E-state index in [9.17, 15) is 4.79 Å². The van der Waals surface area contributed by atoms with Gasteiger partial charge in [0.1, 0.15) is 17.6 Å². The van der Waals surface area contributed by atoms with E-state index in [4.69, 9.17) is 26.3 Å². The molecule has 0 aliphatic heterocycles. The van der Waals surface area contributed by atoms with E-state index < -0.39 is 0 Å². The maximum Gasteiger partial charge on any atom is 0.230 e. The minimum atomic E-state index is -0.297. The van der Waals surface area contributed by atoms with E-state index in [2.05, 4.69) is 20.6 Å². The molecule has 0 aliphatic rings. The van der Waals surface area contributed by atoms with Gasteiger partial charge in [0.2, 0.25) is 5.91 Å². The number of amides is 1. The van der Waals surface area contributed by atoms with Crippen LogP contribution in [0.5, 0.6) is 11.5 Å². The van der Waals surface area contributed by atoms with Crippen LogP contribution in [-0.2, 0) is 24.2 Å². The van der Waals surface area contributed by atoms with E-state index in [-0.39, 0.29) is 18.0 Å². The van der Waals surface area contributed by atoms with Gasteiger partial charge in [-0.05, 0) is 36.7 Å². The maximum absolute atomic E-state index is 12.4. The van der Waals surface area contributed by atoms with Gasteiger partial charge < -0.3 is 20.1 Å². The first-order chi connectivity index (χ1) is 16.0. The topological polar surface area (TPSA) is 109 Å². The van der Waals surface area contributed by atoms with Crippen molar-refractivity contribution in [2.24, 2.45) is 0 Å². The molecule has 0 spiro atoms. The van der Waals surface area contributed by atoms with Crippen LogP contribution in [0.4, 0.5) is 5.69 Å². The highest BCUT2D eigenvalue weighted by molar-refractivity contribution is 6.31. The van der Waals surface area contributed by atoms with Gasteiger partial charge >= 0.3 is 0 Å². The van der Waals surface area contributed by atoms with Gasteiger partial charge in [0.15, 0.2) is 5.69 Å². The molecule has 33 heavy (non-hydrogen) atoms. The summed E-state index contributed by atoms with van der Waals surface area (Å²) in [6, 6.07) is 13.3. The molecular formula is C24H24ClN5O3. The fourth-order valence-corrected chi connectivity index (χ4v) is 3.47. The number of nitriles is 1. The molecule has 1 heterocycles. The van der Waals surface area contributed by atoms with Crippen LogP contribution in [0.25, 0.3) is 0 Å². The smallest absolute Gasteiger partial charge is 0.230 e. The number of hydrogen-bond donors (Lipinski definition) is 2. The van der Waals surface area contributed by atoms with E-state index in [1.54, 1.807) is 13.2 Å². The summed E-state index contributed by atoms with van der Waals surface area (Å²) in [5, 5.41) is 15.5. The third-order valence-electron chi connectivity index (χ3n) is 4.88. The number of halogens is 1. The summed E-state index contributed by atoms with van der Waals surface area (Å²) in [5.41, 5.74) is 3.10. The number of carbonyl (C=O) groups excluding carboxylic acids is 1. The highest BCUT2D eigenvalue weighted by Gasteiger charge is 2.13. The van der Waals surface area contributed by atoms with Gasteiger partial charge in [0.25, 0.3) is 0 Å². The average molecular weight is 466 g/mol. The first kappa shape index (κ1) is 24.0. The summed E-state index contributed by atoms with van der Waals surface area (Å²) in [6.45, 7) is 1.37. The Morgan fingerprint density at radius 1 is 1.09 bits per heavy atom. The van der Waals surface area contributed by atoms with Gasteiger partial charge in [0, 0.05) is 17.1 Å². The van der Waals surface area contributed by atoms with Crippen molar-refractivity contribution < 1.29 is 14.3 Å². The number of para-hydroxylation sites is 1. The van der Waals surface area contributed by atoms with Crippen molar-refractivity contribution in [1.82, 2.24) is 15.3 Å². The number of anilines is 1. The molecule has 2 N–H and O–H groups in total. The van der Waals surface area contributed by atoms with Crippen molar-refractivity contribution >= 4 is 23.2 Å². The van der Waals surface area contributed by atoms with Gasteiger partial charge in [-0.2, -0.15) is 5.26 Å². The van der Waals surface area contributed by atoms with Gasteiger partial charge in [0.05, 0.1) is 44.4 Å². The number of methoxy groups -OCH3 is 2. The standard InChI is InChI=1S/C24H24ClN5O3/c1-32-22-6-4-3-5-17(22)13-27-8-7-16-9-23(33-2)21(11-20(16)25)30-24(31)10-18-14-29-19(12-26)15-28-18/h3-6,9,11,14-15,27H,7-8,10,13H2,1-2H3,(H,30,31). The second-order valence-corrected chi connectivity index (χ2v) is 7.52. The predicted molar refractivity (Wildman–Crippen MR) is 125 cm³/mol. The molecule has 8 nitrogen and oxygen atoms in total. The van der Waals surface area contributed by atoms with Crippen molar-refractivity contribution in [1.29, 1.82) is 5.26 Å². The molecule has 0 saturated carbocycles. The van der Waals surface area contributed by atoms with E-state index in [0.717, 1.165) is 16.9 Å². The number of nitrogens with one attached hydrogen (secondary N) is 2. The number of ether oxygens (including phenoxy) is 2. The molecule has 0 aliphatic carbocycles. The molecule has 0 saturated heterocycles. The molecule has 1 amide bonds. The maximum atomic E-state index is 12.4. The zero-order valence-corrected chi connectivity index (χ0v) is 19.1. The van der Waals surface area contributed by atoms with Crippen LogP contribution in [-0.4, -0.2) is 36.6 Å². The molecule has 0 fully saturated rings. The fourth-order valence-electron chi connectivity index (χ4n) is 3.21. The lowest BCUT2D eigenvalue weighted by Crippen LogP contribution is -2.18. The predicted octanol–water partition coefficient (Wildman–Crippen LogP) is 3.53. The van der Waals surface area contributed by atoms with E-state index in [1.165, 1.54) is 19.5 Å². The Labute approximate surface area is 197 Å². The molecule has 9 heteroatoms. The number of rotatable bonds is 10. The minimum absolute atomic E-state index is 0.00804. The Morgan fingerprint density at radius 2 is 1.88 bits per heavy atom. The molecule has 3 aromatic rings. The molecule has 170 valence electrons. The normalized spacial score (nSPS) is 10.4. The SMILES string of the molecule is COc1ccccc1CNCCc1cc(OC)c(NC(=O)Cc2cnc(C#N)cn2)cc1Cl. The summed E-state index contributed by atoms with van der Waals surface area (Å²) in [7, 11) is 3.19. The third-order valence-corrected chi connectivity index (χ3v) is 5.24. The zero-order valence-electron chi connectivity index (χ0n) is 18.4. The zero-order chi connectivity index (χ0) is 23.6.